The minimum absolute atomic E-state index is 0.869. The van der Waals surface area contributed by atoms with Gasteiger partial charge >= 0.3 is 0 Å². The first-order chi connectivity index (χ1) is 8.78. The van der Waals surface area contributed by atoms with Gasteiger partial charge in [-0.2, -0.15) is 5.10 Å². The zero-order valence-electron chi connectivity index (χ0n) is 11.1. The van der Waals surface area contributed by atoms with Crippen LogP contribution in [0.5, 0.6) is 0 Å². The maximum atomic E-state index is 4.24. The zero-order chi connectivity index (χ0) is 12.8. The molecule has 0 fully saturated rings. The molecule has 0 radical (unpaired) electrons. The number of rotatable bonds is 6. The summed E-state index contributed by atoms with van der Waals surface area (Å²) in [4.78, 5) is 4.19. The smallest absolute Gasteiger partial charge is 0.151 e. The van der Waals surface area contributed by atoms with Crippen molar-refractivity contribution < 1.29 is 0 Å². The normalized spacial score (nSPS) is 10.8. The first-order valence-electron chi connectivity index (χ1n) is 6.41. The van der Waals surface area contributed by atoms with E-state index in [9.17, 15) is 0 Å². The van der Waals surface area contributed by atoms with Crippen molar-refractivity contribution in [3.63, 3.8) is 0 Å². The van der Waals surface area contributed by atoms with Crippen molar-refractivity contribution >= 4 is 0 Å². The van der Waals surface area contributed by atoms with Crippen LogP contribution in [-0.2, 0) is 26.4 Å². The Morgan fingerprint density at radius 3 is 2.50 bits per heavy atom. The molecule has 0 spiro atoms. The maximum absolute atomic E-state index is 4.24. The second-order valence-corrected chi connectivity index (χ2v) is 4.43. The van der Waals surface area contributed by atoms with Crippen molar-refractivity contribution in [2.24, 2.45) is 7.05 Å². The molecule has 18 heavy (non-hydrogen) atoms. The van der Waals surface area contributed by atoms with Crippen LogP contribution in [0.25, 0.3) is 0 Å². The van der Waals surface area contributed by atoms with Crippen molar-refractivity contribution in [2.45, 2.75) is 26.3 Å². The molecular weight excluding hydrogens is 224 g/mol. The first kappa shape index (κ1) is 12.8. The van der Waals surface area contributed by atoms with E-state index in [-0.39, 0.29) is 0 Å². The molecule has 0 atom stereocenters. The molecule has 1 heterocycles. The monoisotopic (exact) mass is 244 g/mol. The lowest BCUT2D eigenvalue weighted by Gasteiger charge is -2.04. The standard InChI is InChI=1S/C14H20N4/c1-3-12-4-6-13(7-5-12)10-15-9-8-14-16-11-18(2)17-14/h4-7,11,15H,3,8-10H2,1-2H3. The highest BCUT2D eigenvalue weighted by atomic mass is 15.3. The Balaban J connectivity index is 1.71. The summed E-state index contributed by atoms with van der Waals surface area (Å²) < 4.78 is 1.73. The van der Waals surface area contributed by atoms with Crippen molar-refractivity contribution in [1.82, 2.24) is 20.1 Å². The van der Waals surface area contributed by atoms with Gasteiger partial charge < -0.3 is 5.32 Å². The minimum atomic E-state index is 0.869. The van der Waals surface area contributed by atoms with Gasteiger partial charge in [-0.25, -0.2) is 4.98 Å². The fourth-order valence-corrected chi connectivity index (χ4v) is 1.82. The summed E-state index contributed by atoms with van der Waals surface area (Å²) in [7, 11) is 1.89. The van der Waals surface area contributed by atoms with E-state index in [1.165, 1.54) is 11.1 Å². The largest absolute Gasteiger partial charge is 0.312 e. The van der Waals surface area contributed by atoms with Gasteiger partial charge in [-0.3, -0.25) is 4.68 Å². The lowest BCUT2D eigenvalue weighted by atomic mass is 10.1. The molecule has 1 N–H and O–H groups in total. The first-order valence-corrected chi connectivity index (χ1v) is 6.41. The Kier molecular flexibility index (Phi) is 4.47. The fourth-order valence-electron chi connectivity index (χ4n) is 1.82. The number of nitrogens with one attached hydrogen (secondary N) is 1. The van der Waals surface area contributed by atoms with E-state index in [4.69, 9.17) is 0 Å². The maximum Gasteiger partial charge on any atom is 0.151 e. The van der Waals surface area contributed by atoms with Gasteiger partial charge in [0, 0.05) is 26.6 Å². The molecule has 2 rings (SSSR count). The molecule has 2 aromatic rings. The van der Waals surface area contributed by atoms with Crippen LogP contribution in [0.4, 0.5) is 0 Å². The predicted molar refractivity (Wildman–Crippen MR) is 72.2 cm³/mol. The molecule has 0 aliphatic rings. The zero-order valence-corrected chi connectivity index (χ0v) is 11.1. The summed E-state index contributed by atoms with van der Waals surface area (Å²) in [6.45, 7) is 3.98. The lowest BCUT2D eigenvalue weighted by Crippen LogP contribution is -2.17. The summed E-state index contributed by atoms with van der Waals surface area (Å²) in [6.07, 6.45) is 3.70. The molecule has 4 nitrogen and oxygen atoms in total. The topological polar surface area (TPSA) is 42.7 Å². The molecule has 1 aromatic heterocycles. The average molecular weight is 244 g/mol. The highest BCUT2D eigenvalue weighted by Gasteiger charge is 1.98. The summed E-state index contributed by atoms with van der Waals surface area (Å²) >= 11 is 0. The number of aromatic nitrogens is 3. The molecule has 0 saturated carbocycles. The third-order valence-electron chi connectivity index (χ3n) is 2.93. The quantitative estimate of drug-likeness (QED) is 0.787. The van der Waals surface area contributed by atoms with Crippen LogP contribution in [0.2, 0.25) is 0 Å². The van der Waals surface area contributed by atoms with E-state index >= 15 is 0 Å². The Labute approximate surface area is 108 Å². The highest BCUT2D eigenvalue weighted by Crippen LogP contribution is 2.04. The van der Waals surface area contributed by atoms with Crippen molar-refractivity contribution in [1.29, 1.82) is 0 Å². The van der Waals surface area contributed by atoms with Crippen LogP contribution in [-0.4, -0.2) is 21.3 Å². The molecular formula is C14H20N4. The van der Waals surface area contributed by atoms with Gasteiger partial charge in [-0.15, -0.1) is 0 Å². The molecule has 4 heteroatoms. The van der Waals surface area contributed by atoms with Gasteiger partial charge in [0.15, 0.2) is 5.82 Å². The Bertz CT molecular complexity index is 473. The summed E-state index contributed by atoms with van der Waals surface area (Å²) in [5, 5.41) is 7.65. The summed E-state index contributed by atoms with van der Waals surface area (Å²) in [5.41, 5.74) is 2.71. The van der Waals surface area contributed by atoms with E-state index in [2.05, 4.69) is 46.6 Å². The van der Waals surface area contributed by atoms with Crippen LogP contribution in [0.3, 0.4) is 0 Å². The van der Waals surface area contributed by atoms with E-state index in [1.807, 2.05) is 7.05 Å². The van der Waals surface area contributed by atoms with Crippen LogP contribution in [0.15, 0.2) is 30.6 Å². The second kappa shape index (κ2) is 6.31. The molecule has 0 amide bonds. The lowest BCUT2D eigenvalue weighted by molar-refractivity contribution is 0.661. The summed E-state index contributed by atoms with van der Waals surface area (Å²) in [5.74, 6) is 0.895. The Morgan fingerprint density at radius 1 is 1.17 bits per heavy atom. The number of hydrogen-bond donors (Lipinski definition) is 1. The molecule has 0 bridgehead atoms. The van der Waals surface area contributed by atoms with Crippen LogP contribution >= 0.6 is 0 Å². The predicted octanol–water partition coefficient (Wildman–Crippen LogP) is 1.71. The van der Waals surface area contributed by atoms with Crippen LogP contribution < -0.4 is 5.32 Å². The van der Waals surface area contributed by atoms with Crippen molar-refractivity contribution in [3.05, 3.63) is 47.5 Å². The van der Waals surface area contributed by atoms with Gasteiger partial charge in [-0.1, -0.05) is 31.2 Å². The molecule has 96 valence electrons. The molecule has 0 unspecified atom stereocenters. The number of benzene rings is 1. The van der Waals surface area contributed by atoms with Gasteiger partial charge in [0.1, 0.15) is 6.33 Å². The summed E-state index contributed by atoms with van der Waals surface area (Å²) in [6, 6.07) is 8.75. The van der Waals surface area contributed by atoms with E-state index < -0.39 is 0 Å². The number of hydrogen-bond acceptors (Lipinski definition) is 3. The SMILES string of the molecule is CCc1ccc(CNCCc2ncn(C)n2)cc1. The van der Waals surface area contributed by atoms with Gasteiger partial charge in [0.05, 0.1) is 0 Å². The highest BCUT2D eigenvalue weighted by molar-refractivity contribution is 5.22. The van der Waals surface area contributed by atoms with Crippen molar-refractivity contribution in [2.75, 3.05) is 6.54 Å². The molecule has 0 aliphatic heterocycles. The van der Waals surface area contributed by atoms with Gasteiger partial charge in [0.25, 0.3) is 0 Å². The van der Waals surface area contributed by atoms with Crippen LogP contribution in [0.1, 0.15) is 23.9 Å². The second-order valence-electron chi connectivity index (χ2n) is 4.43. The van der Waals surface area contributed by atoms with Crippen LogP contribution in [0, 0.1) is 0 Å². The third-order valence-corrected chi connectivity index (χ3v) is 2.93. The molecule has 0 saturated heterocycles. The van der Waals surface area contributed by atoms with Gasteiger partial charge in [0.2, 0.25) is 0 Å². The van der Waals surface area contributed by atoms with Crippen molar-refractivity contribution in [3.8, 4) is 0 Å². The fraction of sp³-hybridized carbons (Fsp3) is 0.429. The Morgan fingerprint density at radius 2 is 1.89 bits per heavy atom. The number of aryl methyl sites for hydroxylation is 2. The molecule has 0 aliphatic carbocycles. The number of nitrogens with zero attached hydrogens (tertiary/aromatic N) is 3. The third kappa shape index (κ3) is 3.67. The average Bonchev–Trinajstić information content (AvgIpc) is 2.81. The van der Waals surface area contributed by atoms with E-state index in [0.29, 0.717) is 0 Å². The Hall–Kier alpha value is -1.68. The van der Waals surface area contributed by atoms with Gasteiger partial charge in [-0.05, 0) is 17.5 Å². The minimum Gasteiger partial charge on any atom is -0.312 e. The van der Waals surface area contributed by atoms with E-state index in [0.717, 1.165) is 31.8 Å². The molecule has 1 aromatic carbocycles. The van der Waals surface area contributed by atoms with E-state index in [1.54, 1.807) is 11.0 Å².